The Morgan fingerprint density at radius 2 is 2.43 bits per heavy atom. The van der Waals surface area contributed by atoms with Crippen LogP contribution in [0.25, 0.3) is 0 Å². The fourth-order valence-electron chi connectivity index (χ4n) is 1.67. The van der Waals surface area contributed by atoms with E-state index in [4.69, 9.17) is 0 Å². The van der Waals surface area contributed by atoms with Crippen LogP contribution >= 0.6 is 0 Å². The molecule has 0 saturated heterocycles. The molecule has 1 heterocycles. The second kappa shape index (κ2) is 3.33. The first-order valence-electron chi connectivity index (χ1n) is 4.41. The summed E-state index contributed by atoms with van der Waals surface area (Å²) in [5.74, 6) is -0.244. The van der Waals surface area contributed by atoms with Crippen LogP contribution in [0.1, 0.15) is 25.3 Å². The van der Waals surface area contributed by atoms with Crippen molar-refractivity contribution < 1.29 is 10.0 Å². The van der Waals surface area contributed by atoms with E-state index in [0.717, 1.165) is 12.6 Å². The predicted molar refractivity (Wildman–Crippen MR) is 45.6 cm³/mol. The highest BCUT2D eigenvalue weighted by Gasteiger charge is 2.28. The summed E-state index contributed by atoms with van der Waals surface area (Å²) in [6.45, 7) is 0. The topological polar surface area (TPSA) is 94.1 Å². The molecular weight excluding hydrogens is 188 g/mol. The molecule has 0 radical (unpaired) electrons. The van der Waals surface area contributed by atoms with Gasteiger partial charge in [-0.3, -0.25) is 0 Å². The zero-order chi connectivity index (χ0) is 10.1. The number of rotatable bonds is 2. The molecule has 2 atom stereocenters. The van der Waals surface area contributed by atoms with Gasteiger partial charge in [0.25, 0.3) is 0 Å². The summed E-state index contributed by atoms with van der Waals surface area (Å²) in [6.07, 6.45) is 2.86. The van der Waals surface area contributed by atoms with E-state index in [0.29, 0.717) is 12.8 Å². The average Bonchev–Trinajstić information content (AvgIpc) is 2.70. The van der Waals surface area contributed by atoms with Gasteiger partial charge in [-0.25, -0.2) is 0 Å². The van der Waals surface area contributed by atoms with Gasteiger partial charge in [-0.15, -0.1) is 5.10 Å². The molecule has 2 unspecified atom stereocenters. The molecular formula is C7H10N4O3. The van der Waals surface area contributed by atoms with Gasteiger partial charge < -0.3 is 15.2 Å². The van der Waals surface area contributed by atoms with Crippen LogP contribution in [0.5, 0.6) is 0 Å². The Balaban J connectivity index is 2.13. The third kappa shape index (κ3) is 1.58. The van der Waals surface area contributed by atoms with Gasteiger partial charge in [0.05, 0.1) is 17.2 Å². The second-order valence-corrected chi connectivity index (χ2v) is 3.40. The first-order valence-corrected chi connectivity index (χ1v) is 4.41. The van der Waals surface area contributed by atoms with Crippen molar-refractivity contribution in [3.63, 3.8) is 0 Å². The number of nitro groups is 1. The molecule has 76 valence electrons. The van der Waals surface area contributed by atoms with Crippen molar-refractivity contribution in [3.8, 4) is 0 Å². The van der Waals surface area contributed by atoms with Gasteiger partial charge in [0.15, 0.2) is 6.20 Å². The van der Waals surface area contributed by atoms with Crippen LogP contribution in [-0.4, -0.2) is 31.1 Å². The van der Waals surface area contributed by atoms with Crippen LogP contribution in [0.3, 0.4) is 0 Å². The molecule has 1 N–H and O–H groups in total. The monoisotopic (exact) mass is 198 g/mol. The molecule has 0 aliphatic heterocycles. The predicted octanol–water partition coefficient (Wildman–Crippen LogP) is 0.272. The average molecular weight is 198 g/mol. The number of hydrogen-bond acceptors (Lipinski definition) is 5. The van der Waals surface area contributed by atoms with Crippen LogP contribution in [0, 0.1) is 10.1 Å². The van der Waals surface area contributed by atoms with Gasteiger partial charge in [0.2, 0.25) is 0 Å². The van der Waals surface area contributed by atoms with Crippen LogP contribution < -0.4 is 0 Å². The minimum Gasteiger partial charge on any atom is -0.393 e. The maximum Gasteiger partial charge on any atom is 0.410 e. The van der Waals surface area contributed by atoms with Gasteiger partial charge >= 0.3 is 5.82 Å². The summed E-state index contributed by atoms with van der Waals surface area (Å²) in [4.78, 5) is 11.1. The van der Waals surface area contributed by atoms with Crippen molar-refractivity contribution >= 4 is 5.82 Å². The van der Waals surface area contributed by atoms with E-state index in [9.17, 15) is 15.2 Å². The van der Waals surface area contributed by atoms with Crippen molar-refractivity contribution in [1.82, 2.24) is 15.0 Å². The third-order valence-electron chi connectivity index (χ3n) is 2.39. The number of aliphatic hydroxyl groups is 1. The maximum absolute atomic E-state index is 10.3. The SMILES string of the molecule is O=[N+]([O-])c1cnn(C2CCC(O)C2)n1. The number of aliphatic hydroxyl groups excluding tert-OH is 1. The van der Waals surface area contributed by atoms with Gasteiger partial charge in [-0.2, -0.15) is 0 Å². The number of hydrogen-bond donors (Lipinski definition) is 1. The highest BCUT2D eigenvalue weighted by Crippen LogP contribution is 2.28. The lowest BCUT2D eigenvalue weighted by molar-refractivity contribution is -0.389. The number of aromatic nitrogens is 3. The van der Waals surface area contributed by atoms with E-state index in [2.05, 4.69) is 10.2 Å². The van der Waals surface area contributed by atoms with E-state index < -0.39 is 4.92 Å². The standard InChI is InChI=1S/C7H10N4O3/c12-6-2-1-5(3-6)10-8-4-7(9-10)11(13)14/h4-6,12H,1-3H2. The minimum atomic E-state index is -0.575. The smallest absolute Gasteiger partial charge is 0.393 e. The van der Waals surface area contributed by atoms with Gasteiger partial charge in [0, 0.05) is 0 Å². The van der Waals surface area contributed by atoms with E-state index in [1.165, 1.54) is 4.80 Å². The summed E-state index contributed by atoms with van der Waals surface area (Å²) in [7, 11) is 0. The van der Waals surface area contributed by atoms with E-state index in [1.807, 2.05) is 0 Å². The molecule has 1 aliphatic carbocycles. The maximum atomic E-state index is 10.3. The largest absolute Gasteiger partial charge is 0.410 e. The van der Waals surface area contributed by atoms with Gasteiger partial charge in [-0.1, -0.05) is 4.80 Å². The van der Waals surface area contributed by atoms with E-state index in [1.54, 1.807) is 0 Å². The Kier molecular flexibility index (Phi) is 2.16. The lowest BCUT2D eigenvalue weighted by atomic mass is 10.3. The van der Waals surface area contributed by atoms with Gasteiger partial charge in [-0.05, 0) is 24.2 Å². The highest BCUT2D eigenvalue weighted by atomic mass is 16.6. The number of nitrogens with zero attached hydrogens (tertiary/aromatic N) is 4. The fourth-order valence-corrected chi connectivity index (χ4v) is 1.67. The summed E-state index contributed by atoms with van der Waals surface area (Å²) in [5, 5.41) is 27.1. The van der Waals surface area contributed by atoms with Crippen molar-refractivity contribution in [2.75, 3.05) is 0 Å². The quantitative estimate of drug-likeness (QED) is 0.543. The molecule has 0 spiro atoms. The van der Waals surface area contributed by atoms with Crippen molar-refractivity contribution in [2.24, 2.45) is 0 Å². The molecule has 1 aliphatic rings. The lowest BCUT2D eigenvalue weighted by Crippen LogP contribution is -2.10. The molecule has 2 rings (SSSR count). The molecule has 0 bridgehead atoms. The summed E-state index contributed by atoms with van der Waals surface area (Å²) in [5.41, 5.74) is 0. The van der Waals surface area contributed by atoms with Gasteiger partial charge in [0.1, 0.15) is 0 Å². The molecule has 1 aromatic rings. The molecule has 1 aromatic heterocycles. The Labute approximate surface area is 79.5 Å². The van der Waals surface area contributed by atoms with Crippen LogP contribution in [0.2, 0.25) is 0 Å². The molecule has 7 heteroatoms. The normalized spacial score (nSPS) is 26.6. The van der Waals surface area contributed by atoms with Crippen LogP contribution in [-0.2, 0) is 0 Å². The van der Waals surface area contributed by atoms with E-state index in [-0.39, 0.29) is 18.0 Å². The third-order valence-corrected chi connectivity index (χ3v) is 2.39. The van der Waals surface area contributed by atoms with Crippen molar-refractivity contribution in [2.45, 2.75) is 31.4 Å². The first kappa shape index (κ1) is 9.07. The Bertz CT molecular complexity index is 350. The lowest BCUT2D eigenvalue weighted by Gasteiger charge is -2.02. The fraction of sp³-hybridized carbons (Fsp3) is 0.714. The summed E-state index contributed by atoms with van der Waals surface area (Å²) >= 11 is 0. The summed E-state index contributed by atoms with van der Waals surface area (Å²) < 4.78 is 0. The zero-order valence-corrected chi connectivity index (χ0v) is 7.41. The molecule has 1 fully saturated rings. The molecule has 1 saturated carbocycles. The summed E-state index contributed by atoms with van der Waals surface area (Å²) in [6, 6.07) is -0.00120. The van der Waals surface area contributed by atoms with Crippen molar-refractivity contribution in [3.05, 3.63) is 16.3 Å². The minimum absolute atomic E-state index is 0.00120. The van der Waals surface area contributed by atoms with E-state index >= 15 is 0 Å². The highest BCUT2D eigenvalue weighted by molar-refractivity contribution is 5.08. The Morgan fingerprint density at radius 3 is 2.93 bits per heavy atom. The molecule has 0 amide bonds. The Morgan fingerprint density at radius 1 is 1.64 bits per heavy atom. The molecule has 0 aromatic carbocycles. The molecule has 7 nitrogen and oxygen atoms in total. The van der Waals surface area contributed by atoms with Crippen molar-refractivity contribution in [1.29, 1.82) is 0 Å². The molecule has 14 heavy (non-hydrogen) atoms. The zero-order valence-electron chi connectivity index (χ0n) is 7.41. The second-order valence-electron chi connectivity index (χ2n) is 3.40. The van der Waals surface area contributed by atoms with Crippen LogP contribution in [0.15, 0.2) is 6.20 Å². The first-order chi connectivity index (χ1) is 6.66. The Hall–Kier alpha value is -1.50. The van der Waals surface area contributed by atoms with Crippen LogP contribution in [0.4, 0.5) is 5.82 Å².